The van der Waals surface area contributed by atoms with Crippen molar-refractivity contribution < 1.29 is 9.90 Å². The summed E-state index contributed by atoms with van der Waals surface area (Å²) in [5, 5.41) is 9.75. The number of carboxylic acid groups (broad SMARTS) is 1. The average Bonchev–Trinajstić information content (AvgIpc) is 2.78. The Kier molecular flexibility index (Phi) is 4.78. The van der Waals surface area contributed by atoms with Gasteiger partial charge in [0.2, 0.25) is 0 Å². The van der Waals surface area contributed by atoms with Gasteiger partial charge in [0.1, 0.15) is 0 Å². The number of hydrogen-bond donors (Lipinski definition) is 1. The summed E-state index contributed by atoms with van der Waals surface area (Å²) in [6.07, 6.45) is 7.77. The second-order valence-electron chi connectivity index (χ2n) is 6.19. The first kappa shape index (κ1) is 15.4. The van der Waals surface area contributed by atoms with Crippen molar-refractivity contribution in [3.05, 3.63) is 11.9 Å². The first-order valence-electron chi connectivity index (χ1n) is 7.36. The lowest BCUT2D eigenvalue weighted by atomic mass is 9.73. The maximum atomic E-state index is 10.8. The molecule has 1 aliphatic carbocycles. The fourth-order valence-electron chi connectivity index (χ4n) is 3.16. The van der Waals surface area contributed by atoms with E-state index < -0.39 is 5.97 Å². The van der Waals surface area contributed by atoms with Crippen LogP contribution in [0.5, 0.6) is 0 Å². The molecule has 1 aliphatic rings. The third-order valence-corrected chi connectivity index (χ3v) is 5.24. The number of carbonyl (C=O) groups is 1. The molecular formula is C15H24N2O2S. The molecular weight excluding hydrogens is 272 g/mol. The number of nitrogens with zero attached hydrogens (tertiary/aromatic N) is 2. The molecule has 1 heterocycles. The van der Waals surface area contributed by atoms with Crippen LogP contribution in [0.3, 0.4) is 0 Å². The summed E-state index contributed by atoms with van der Waals surface area (Å²) in [4.78, 5) is 15.3. The van der Waals surface area contributed by atoms with Crippen molar-refractivity contribution in [1.29, 1.82) is 0 Å². The van der Waals surface area contributed by atoms with Crippen LogP contribution in [-0.2, 0) is 11.2 Å². The van der Waals surface area contributed by atoms with Gasteiger partial charge in [-0.1, -0.05) is 45.4 Å². The van der Waals surface area contributed by atoms with Gasteiger partial charge in [-0.25, -0.2) is 4.98 Å². The number of aliphatic carboxylic acids is 1. The van der Waals surface area contributed by atoms with Crippen molar-refractivity contribution >= 4 is 17.7 Å². The predicted molar refractivity (Wildman–Crippen MR) is 81.3 cm³/mol. The second-order valence-corrected chi connectivity index (χ2v) is 7.13. The molecule has 0 amide bonds. The summed E-state index contributed by atoms with van der Waals surface area (Å²) >= 11 is 1.34. The maximum absolute atomic E-state index is 10.8. The standard InChI is InChI=1S/C15H24N2O2S/c1-4-11-9-16-14(20-10-13(18)19)17(11)12-7-5-6-8-15(12,2)3/h9,12H,4-8,10H2,1-3H3,(H,18,19). The molecule has 4 nitrogen and oxygen atoms in total. The number of carboxylic acids is 1. The van der Waals surface area contributed by atoms with E-state index in [1.165, 1.54) is 36.7 Å². The van der Waals surface area contributed by atoms with Gasteiger partial charge in [-0.05, 0) is 24.7 Å². The van der Waals surface area contributed by atoms with Crippen LogP contribution in [0.15, 0.2) is 11.4 Å². The molecule has 0 aliphatic heterocycles. The fraction of sp³-hybridized carbons (Fsp3) is 0.733. The van der Waals surface area contributed by atoms with Crippen LogP contribution in [0, 0.1) is 5.41 Å². The van der Waals surface area contributed by atoms with Crippen LogP contribution >= 0.6 is 11.8 Å². The van der Waals surface area contributed by atoms with Crippen LogP contribution in [-0.4, -0.2) is 26.4 Å². The number of imidazole rings is 1. The minimum absolute atomic E-state index is 0.0767. The number of thioether (sulfide) groups is 1. The summed E-state index contributed by atoms with van der Waals surface area (Å²) in [5.41, 5.74) is 1.47. The van der Waals surface area contributed by atoms with E-state index in [4.69, 9.17) is 5.11 Å². The Morgan fingerprint density at radius 2 is 2.30 bits per heavy atom. The molecule has 0 spiro atoms. The fourth-order valence-corrected chi connectivity index (χ4v) is 3.92. The molecule has 1 aromatic heterocycles. The van der Waals surface area contributed by atoms with Gasteiger partial charge in [-0.15, -0.1) is 0 Å². The highest BCUT2D eigenvalue weighted by molar-refractivity contribution is 7.99. The lowest BCUT2D eigenvalue weighted by Crippen LogP contribution is -2.31. The highest BCUT2D eigenvalue weighted by atomic mass is 32.2. The first-order chi connectivity index (χ1) is 9.45. The van der Waals surface area contributed by atoms with Crippen LogP contribution in [0.1, 0.15) is 58.2 Å². The smallest absolute Gasteiger partial charge is 0.313 e. The Morgan fingerprint density at radius 1 is 1.55 bits per heavy atom. The predicted octanol–water partition coefficient (Wildman–Crippen LogP) is 3.76. The van der Waals surface area contributed by atoms with E-state index in [9.17, 15) is 4.79 Å². The van der Waals surface area contributed by atoms with Gasteiger partial charge in [0, 0.05) is 17.9 Å². The minimum atomic E-state index is -0.787. The minimum Gasteiger partial charge on any atom is -0.481 e. The van der Waals surface area contributed by atoms with Crippen molar-refractivity contribution in [2.45, 2.75) is 64.1 Å². The molecule has 1 saturated carbocycles. The molecule has 0 radical (unpaired) electrons. The van der Waals surface area contributed by atoms with Gasteiger partial charge in [0.25, 0.3) is 0 Å². The zero-order valence-electron chi connectivity index (χ0n) is 12.6. The largest absolute Gasteiger partial charge is 0.481 e. The zero-order valence-corrected chi connectivity index (χ0v) is 13.4. The van der Waals surface area contributed by atoms with Crippen molar-refractivity contribution in [2.75, 3.05) is 5.75 Å². The molecule has 1 fully saturated rings. The first-order valence-corrected chi connectivity index (χ1v) is 8.35. The van der Waals surface area contributed by atoms with E-state index in [1.54, 1.807) is 0 Å². The molecule has 1 atom stereocenters. The van der Waals surface area contributed by atoms with Crippen LogP contribution in [0.4, 0.5) is 0 Å². The molecule has 1 unspecified atom stereocenters. The average molecular weight is 296 g/mol. The molecule has 0 saturated heterocycles. The normalized spacial score (nSPS) is 21.9. The molecule has 0 bridgehead atoms. The lowest BCUT2D eigenvalue weighted by molar-refractivity contribution is -0.133. The van der Waals surface area contributed by atoms with Gasteiger partial charge in [0.15, 0.2) is 5.16 Å². The summed E-state index contributed by atoms with van der Waals surface area (Å²) < 4.78 is 2.31. The monoisotopic (exact) mass is 296 g/mol. The SMILES string of the molecule is CCc1cnc(SCC(=O)O)n1C1CCCCC1(C)C. The second kappa shape index (κ2) is 6.20. The third kappa shape index (κ3) is 3.19. The summed E-state index contributed by atoms with van der Waals surface area (Å²) in [5.74, 6) is -0.710. The van der Waals surface area contributed by atoms with Crippen molar-refractivity contribution in [1.82, 2.24) is 9.55 Å². The molecule has 1 N–H and O–H groups in total. The maximum Gasteiger partial charge on any atom is 0.313 e. The quantitative estimate of drug-likeness (QED) is 0.840. The molecule has 1 aromatic rings. The highest BCUT2D eigenvalue weighted by Gasteiger charge is 2.35. The van der Waals surface area contributed by atoms with E-state index in [0.29, 0.717) is 6.04 Å². The third-order valence-electron chi connectivity index (χ3n) is 4.29. The van der Waals surface area contributed by atoms with Gasteiger partial charge < -0.3 is 9.67 Å². The van der Waals surface area contributed by atoms with Crippen molar-refractivity contribution in [3.63, 3.8) is 0 Å². The molecule has 112 valence electrons. The zero-order chi connectivity index (χ0) is 14.8. The van der Waals surface area contributed by atoms with E-state index in [2.05, 4.69) is 30.3 Å². The summed E-state index contributed by atoms with van der Waals surface area (Å²) in [7, 11) is 0. The molecule has 20 heavy (non-hydrogen) atoms. The summed E-state index contributed by atoms with van der Waals surface area (Å²) in [6.45, 7) is 6.78. The van der Waals surface area contributed by atoms with E-state index in [0.717, 1.165) is 18.0 Å². The Bertz CT molecular complexity index is 482. The Labute approximate surface area is 125 Å². The van der Waals surface area contributed by atoms with Gasteiger partial charge in [-0.2, -0.15) is 0 Å². The molecule has 0 aromatic carbocycles. The number of aryl methyl sites for hydroxylation is 1. The van der Waals surface area contributed by atoms with Gasteiger partial charge in [0.05, 0.1) is 5.75 Å². The highest BCUT2D eigenvalue weighted by Crippen LogP contribution is 2.45. The molecule has 5 heteroatoms. The van der Waals surface area contributed by atoms with E-state index in [1.807, 2.05) is 6.20 Å². The lowest BCUT2D eigenvalue weighted by Gasteiger charge is -2.40. The van der Waals surface area contributed by atoms with E-state index in [-0.39, 0.29) is 11.2 Å². The number of hydrogen-bond acceptors (Lipinski definition) is 3. The number of rotatable bonds is 5. The topological polar surface area (TPSA) is 55.1 Å². The van der Waals surface area contributed by atoms with Crippen molar-refractivity contribution in [2.24, 2.45) is 5.41 Å². The van der Waals surface area contributed by atoms with Crippen molar-refractivity contribution in [3.8, 4) is 0 Å². The van der Waals surface area contributed by atoms with Gasteiger partial charge in [-0.3, -0.25) is 4.79 Å². The van der Waals surface area contributed by atoms with Gasteiger partial charge >= 0.3 is 5.97 Å². The van der Waals surface area contributed by atoms with Crippen LogP contribution < -0.4 is 0 Å². The summed E-state index contributed by atoms with van der Waals surface area (Å²) in [6, 6.07) is 0.435. The van der Waals surface area contributed by atoms with Crippen LogP contribution in [0.2, 0.25) is 0 Å². The Balaban J connectivity index is 2.32. The molecule has 2 rings (SSSR count). The van der Waals surface area contributed by atoms with Crippen LogP contribution in [0.25, 0.3) is 0 Å². The number of aromatic nitrogens is 2. The van der Waals surface area contributed by atoms with E-state index >= 15 is 0 Å². The Morgan fingerprint density at radius 3 is 2.90 bits per heavy atom. The Hall–Kier alpha value is -0.970.